The molecule has 0 heterocycles. The van der Waals surface area contributed by atoms with Gasteiger partial charge in [-0.15, -0.1) is 6.58 Å². The second-order valence-electron chi connectivity index (χ2n) is 4.22. The van der Waals surface area contributed by atoms with Gasteiger partial charge >= 0.3 is 0 Å². The van der Waals surface area contributed by atoms with E-state index in [-0.39, 0.29) is 5.78 Å². The zero-order valence-electron chi connectivity index (χ0n) is 10.1. The molecule has 92 valence electrons. The Bertz CT molecular complexity index is 343. The first-order valence-corrected chi connectivity index (χ1v) is 6.09. The Hall–Kier alpha value is -1.41. The van der Waals surface area contributed by atoms with Crippen LogP contribution in [0.25, 0.3) is 0 Å². The van der Waals surface area contributed by atoms with E-state index in [0.29, 0.717) is 12.8 Å². The quantitative estimate of drug-likeness (QED) is 0.552. The van der Waals surface area contributed by atoms with Gasteiger partial charge in [0.25, 0.3) is 0 Å². The molecule has 2 heteroatoms. The molecule has 2 nitrogen and oxygen atoms in total. The first-order valence-electron chi connectivity index (χ1n) is 6.09. The molecule has 0 fully saturated rings. The van der Waals surface area contributed by atoms with Gasteiger partial charge in [0, 0.05) is 6.42 Å². The van der Waals surface area contributed by atoms with Crippen molar-refractivity contribution in [1.82, 2.24) is 0 Å². The lowest BCUT2D eigenvalue weighted by Gasteiger charge is -2.09. The average Bonchev–Trinajstić information content (AvgIpc) is 2.35. The van der Waals surface area contributed by atoms with Gasteiger partial charge in [0.15, 0.2) is 5.78 Å². The van der Waals surface area contributed by atoms with Crippen LogP contribution in [-0.2, 0) is 11.2 Å². The van der Waals surface area contributed by atoms with Gasteiger partial charge in [-0.2, -0.15) is 0 Å². The number of aliphatic hydroxyl groups is 1. The predicted molar refractivity (Wildman–Crippen MR) is 69.8 cm³/mol. The van der Waals surface area contributed by atoms with Crippen LogP contribution in [-0.4, -0.2) is 17.0 Å². The van der Waals surface area contributed by atoms with Crippen LogP contribution in [0.15, 0.2) is 43.0 Å². The molecule has 1 aromatic rings. The first-order chi connectivity index (χ1) is 8.24. The lowest BCUT2D eigenvalue weighted by molar-refractivity contribution is -0.126. The van der Waals surface area contributed by atoms with E-state index in [1.807, 2.05) is 36.4 Å². The molecule has 0 aliphatic heterocycles. The van der Waals surface area contributed by atoms with Crippen LogP contribution in [0.1, 0.15) is 31.2 Å². The number of rotatable bonds is 8. The number of aliphatic hydroxyl groups excluding tert-OH is 1. The largest absolute Gasteiger partial charge is 0.385 e. The molecular formula is C15H20O2. The summed E-state index contributed by atoms with van der Waals surface area (Å²) in [5, 5.41) is 9.70. The second kappa shape index (κ2) is 7.80. The van der Waals surface area contributed by atoms with Crippen molar-refractivity contribution >= 4 is 5.78 Å². The van der Waals surface area contributed by atoms with E-state index in [0.717, 1.165) is 24.8 Å². The van der Waals surface area contributed by atoms with Crippen LogP contribution in [0, 0.1) is 0 Å². The third-order valence-electron chi connectivity index (χ3n) is 2.73. The molecule has 1 rings (SSSR count). The SMILES string of the molecule is C=CCCCC[C@H](O)C(=O)Cc1ccccc1. The van der Waals surface area contributed by atoms with Crippen LogP contribution in [0.4, 0.5) is 0 Å². The fourth-order valence-electron chi connectivity index (χ4n) is 1.70. The molecule has 0 aliphatic rings. The summed E-state index contributed by atoms with van der Waals surface area (Å²) in [4.78, 5) is 11.7. The molecule has 0 unspecified atom stereocenters. The Morgan fingerprint density at radius 2 is 2.00 bits per heavy atom. The summed E-state index contributed by atoms with van der Waals surface area (Å²) in [5.41, 5.74) is 0.961. The summed E-state index contributed by atoms with van der Waals surface area (Å²) in [5.74, 6) is -0.0881. The van der Waals surface area contributed by atoms with Gasteiger partial charge in [-0.3, -0.25) is 4.79 Å². The van der Waals surface area contributed by atoms with Crippen LogP contribution in [0.2, 0.25) is 0 Å². The molecule has 1 aromatic carbocycles. The van der Waals surface area contributed by atoms with Gasteiger partial charge in [-0.05, 0) is 24.8 Å². The highest BCUT2D eigenvalue weighted by atomic mass is 16.3. The Balaban J connectivity index is 2.29. The number of hydrogen-bond acceptors (Lipinski definition) is 2. The topological polar surface area (TPSA) is 37.3 Å². The minimum atomic E-state index is -0.819. The zero-order valence-corrected chi connectivity index (χ0v) is 10.1. The fourth-order valence-corrected chi connectivity index (χ4v) is 1.70. The van der Waals surface area contributed by atoms with Crippen molar-refractivity contribution < 1.29 is 9.90 Å². The van der Waals surface area contributed by atoms with Gasteiger partial charge in [0.2, 0.25) is 0 Å². The van der Waals surface area contributed by atoms with Crippen molar-refractivity contribution in [2.75, 3.05) is 0 Å². The molecule has 0 saturated heterocycles. The maximum atomic E-state index is 11.7. The number of hydrogen-bond donors (Lipinski definition) is 1. The maximum absolute atomic E-state index is 11.7. The van der Waals surface area contributed by atoms with Crippen molar-refractivity contribution in [3.05, 3.63) is 48.6 Å². The summed E-state index contributed by atoms with van der Waals surface area (Å²) in [6.07, 6.45) is 4.72. The minimum Gasteiger partial charge on any atom is -0.385 e. The fraction of sp³-hybridized carbons (Fsp3) is 0.400. The summed E-state index contributed by atoms with van der Waals surface area (Å²) in [6.45, 7) is 3.64. The van der Waals surface area contributed by atoms with E-state index in [9.17, 15) is 9.90 Å². The number of carbonyl (C=O) groups is 1. The van der Waals surface area contributed by atoms with Crippen LogP contribution in [0.3, 0.4) is 0 Å². The van der Waals surface area contributed by atoms with Gasteiger partial charge in [-0.1, -0.05) is 42.8 Å². The second-order valence-corrected chi connectivity index (χ2v) is 4.22. The normalized spacial score (nSPS) is 12.1. The lowest BCUT2D eigenvalue weighted by atomic mass is 10.0. The molecule has 0 amide bonds. The van der Waals surface area contributed by atoms with Crippen LogP contribution < -0.4 is 0 Å². The van der Waals surface area contributed by atoms with Crippen molar-refractivity contribution in [2.24, 2.45) is 0 Å². The summed E-state index contributed by atoms with van der Waals surface area (Å²) in [7, 11) is 0. The third-order valence-corrected chi connectivity index (χ3v) is 2.73. The molecular weight excluding hydrogens is 212 g/mol. The Morgan fingerprint density at radius 1 is 1.29 bits per heavy atom. The lowest BCUT2D eigenvalue weighted by Crippen LogP contribution is -2.22. The number of carbonyl (C=O) groups excluding carboxylic acids is 1. The first kappa shape index (κ1) is 13.7. The predicted octanol–water partition coefficient (Wildman–Crippen LogP) is 2.91. The molecule has 0 bridgehead atoms. The Kier molecular flexibility index (Phi) is 6.26. The van der Waals surface area contributed by atoms with E-state index in [2.05, 4.69) is 6.58 Å². The summed E-state index contributed by atoms with van der Waals surface area (Å²) in [6, 6.07) is 9.53. The van der Waals surface area contributed by atoms with Crippen molar-refractivity contribution in [1.29, 1.82) is 0 Å². The summed E-state index contributed by atoms with van der Waals surface area (Å²) < 4.78 is 0. The minimum absolute atomic E-state index is 0.0881. The van der Waals surface area contributed by atoms with Crippen molar-refractivity contribution in [3.63, 3.8) is 0 Å². The monoisotopic (exact) mass is 232 g/mol. The molecule has 1 N–H and O–H groups in total. The Labute approximate surface area is 103 Å². The number of Topliss-reactive ketones (excluding diaryl/α,β-unsaturated/α-hetero) is 1. The molecule has 0 saturated carbocycles. The van der Waals surface area contributed by atoms with Crippen molar-refractivity contribution in [2.45, 2.75) is 38.2 Å². The summed E-state index contributed by atoms with van der Waals surface area (Å²) >= 11 is 0. The zero-order chi connectivity index (χ0) is 12.5. The standard InChI is InChI=1S/C15H20O2/c1-2-3-4-8-11-14(16)15(17)12-13-9-6-5-7-10-13/h2,5-7,9-10,14,16H,1,3-4,8,11-12H2/t14-/m0/s1. The van der Waals surface area contributed by atoms with Crippen LogP contribution >= 0.6 is 0 Å². The van der Waals surface area contributed by atoms with E-state index >= 15 is 0 Å². The average molecular weight is 232 g/mol. The highest BCUT2D eigenvalue weighted by molar-refractivity contribution is 5.84. The molecule has 1 atom stereocenters. The molecule has 17 heavy (non-hydrogen) atoms. The van der Waals surface area contributed by atoms with Gasteiger partial charge in [0.05, 0.1) is 0 Å². The highest BCUT2D eigenvalue weighted by Crippen LogP contribution is 2.08. The van der Waals surface area contributed by atoms with Crippen molar-refractivity contribution in [3.8, 4) is 0 Å². The van der Waals surface area contributed by atoms with E-state index < -0.39 is 6.10 Å². The molecule has 0 aromatic heterocycles. The van der Waals surface area contributed by atoms with E-state index in [1.54, 1.807) is 0 Å². The van der Waals surface area contributed by atoms with Gasteiger partial charge < -0.3 is 5.11 Å². The van der Waals surface area contributed by atoms with Crippen LogP contribution in [0.5, 0.6) is 0 Å². The molecule has 0 aliphatic carbocycles. The van der Waals surface area contributed by atoms with E-state index in [4.69, 9.17) is 0 Å². The van der Waals surface area contributed by atoms with Gasteiger partial charge in [0.1, 0.15) is 6.10 Å². The third kappa shape index (κ3) is 5.45. The highest BCUT2D eigenvalue weighted by Gasteiger charge is 2.14. The number of allylic oxidation sites excluding steroid dienone is 1. The smallest absolute Gasteiger partial charge is 0.165 e. The van der Waals surface area contributed by atoms with E-state index in [1.165, 1.54) is 0 Å². The van der Waals surface area contributed by atoms with Gasteiger partial charge in [-0.25, -0.2) is 0 Å². The maximum Gasteiger partial charge on any atom is 0.165 e. The number of unbranched alkanes of at least 4 members (excludes halogenated alkanes) is 2. The number of ketones is 1. The Morgan fingerprint density at radius 3 is 2.65 bits per heavy atom. The molecule has 0 spiro atoms. The molecule has 0 radical (unpaired) electrons. The number of benzene rings is 1.